The van der Waals surface area contributed by atoms with Gasteiger partial charge in [-0.15, -0.1) is 0 Å². The Hall–Kier alpha value is -0.194. The Morgan fingerprint density at radius 3 is 2.10 bits per heavy atom. The molecule has 1 aromatic carbocycles. The van der Waals surface area contributed by atoms with Crippen LogP contribution in [0.25, 0.3) is 4.72 Å². The van der Waals surface area contributed by atoms with Crippen molar-refractivity contribution in [2.75, 3.05) is 0 Å². The molecule has 3 N–H and O–H groups in total. The smallest absolute Gasteiger partial charge is 1.00 e. The Morgan fingerprint density at radius 2 is 1.66 bits per heavy atom. The normalized spacial score (nSPS) is 9.59. The van der Waals surface area contributed by atoms with Crippen LogP contribution in [-0.4, -0.2) is 88.6 Å². The largest absolute Gasteiger partial charge is 3.00 e. The fourth-order valence-electron chi connectivity index (χ4n) is 1.52. The summed E-state index contributed by atoms with van der Waals surface area (Å²) in [5.41, 5.74) is 0.224. The summed E-state index contributed by atoms with van der Waals surface area (Å²) in [5, 5.41) is 23.4. The van der Waals surface area contributed by atoms with Crippen molar-refractivity contribution in [1.29, 1.82) is 0 Å². The quantitative estimate of drug-likeness (QED) is 0.150. The number of carbonyl (C=O) groups is 1. The summed E-state index contributed by atoms with van der Waals surface area (Å²) >= 11 is 1.09. The molecule has 1 aromatic heterocycles. The number of carboxylic acid groups (broad SMARTS) is 1. The van der Waals surface area contributed by atoms with Crippen LogP contribution in [0.4, 0.5) is 10.8 Å². The first-order chi connectivity index (χ1) is 10.9. The molecule has 2 rings (SSSR count). The van der Waals surface area contributed by atoms with E-state index in [-0.39, 0.29) is 110 Å². The third-order valence-corrected chi connectivity index (χ3v) is 4.61. The Morgan fingerprint density at radius 1 is 1.10 bits per heavy atom. The number of carboxylic acids is 1. The van der Waals surface area contributed by atoms with Crippen molar-refractivity contribution in [1.82, 2.24) is 4.98 Å². The van der Waals surface area contributed by atoms with Crippen molar-refractivity contribution in [2.24, 2.45) is 4.99 Å². The number of carbonyl (C=O) groups excluding carboxylic acids is 1. The minimum Gasteiger partial charge on any atom is -1.00 e. The van der Waals surface area contributed by atoms with Gasteiger partial charge >= 0.3 is 52.4 Å². The molecule has 0 saturated heterocycles. The molecule has 0 amide bonds. The van der Waals surface area contributed by atoms with Crippen molar-refractivity contribution in [3.8, 4) is 0 Å². The number of benzene rings is 1. The number of halogens is 2. The van der Waals surface area contributed by atoms with E-state index >= 15 is 0 Å². The number of thiazole rings is 1. The van der Waals surface area contributed by atoms with E-state index < -0.39 is 28.3 Å². The molecule has 0 spiro atoms. The summed E-state index contributed by atoms with van der Waals surface area (Å²) in [7, 11) is -3.89. The van der Waals surface area contributed by atoms with Crippen LogP contribution in [-0.2, 0) is 14.8 Å². The average Bonchev–Trinajstić information content (AvgIpc) is 2.98. The van der Waals surface area contributed by atoms with Crippen molar-refractivity contribution < 1.29 is 59.2 Å². The topological polar surface area (TPSA) is 198 Å². The van der Waals surface area contributed by atoms with Gasteiger partial charge in [-0.1, -0.05) is 6.20 Å². The first kappa shape index (κ1) is 39.3. The third kappa shape index (κ3) is 13.7. The van der Waals surface area contributed by atoms with Crippen LogP contribution >= 0.6 is 11.3 Å². The minimum atomic E-state index is -3.89. The molecular weight excluding hydrogens is 863 g/mol. The van der Waals surface area contributed by atoms with Crippen molar-refractivity contribution in [3.63, 3.8) is 0 Å². The van der Waals surface area contributed by atoms with Crippen molar-refractivity contribution in [2.45, 2.75) is 17.7 Å². The number of nitrogens with zero attached hydrogens (tertiary/aromatic N) is 3. The minimum absolute atomic E-state index is 0. The second-order valence-electron chi connectivity index (χ2n) is 4.25. The zero-order valence-corrected chi connectivity index (χ0v) is 24.3. The van der Waals surface area contributed by atoms with E-state index in [0.29, 0.717) is 0 Å². The number of aromatic nitrogens is 1. The standard InChI is InChI=1S/C13H13N3O5S2.2Bi.2ClH.2H2O/c17-11(5-6-12(18)19)15-9-1-3-10(4-2-9)23(20,21)16-13-14-7-8-22-13;;;;;;/h1-4,7-8H,5-6H2,(H3,14,15,16,17,18,19);;;2*1H;2*1H2/q;2*+3;;;;/p-6. The molecule has 0 saturated carbocycles. The predicted molar refractivity (Wildman–Crippen MR) is 97.2 cm³/mol. The molecule has 158 valence electrons. The zero-order chi connectivity index (χ0) is 16.9. The summed E-state index contributed by atoms with van der Waals surface area (Å²) in [6.45, 7) is 0. The molecule has 0 aliphatic carbocycles. The van der Waals surface area contributed by atoms with Gasteiger partial charge in [0, 0.05) is 11.1 Å². The molecule has 0 fully saturated rings. The molecule has 16 heteroatoms. The first-order valence-corrected chi connectivity index (χ1v) is 8.61. The van der Waals surface area contributed by atoms with E-state index in [4.69, 9.17) is 0 Å². The van der Waals surface area contributed by atoms with Crippen molar-refractivity contribution >= 4 is 96.5 Å². The molecule has 0 aliphatic heterocycles. The molecule has 0 aliphatic rings. The van der Waals surface area contributed by atoms with Gasteiger partial charge in [0.15, 0.2) is 0 Å². The van der Waals surface area contributed by atoms with Gasteiger partial charge in [-0.2, -0.15) is 11.3 Å². The number of hydrogen-bond acceptors (Lipinski definition) is 9. The average molecular weight is 876 g/mol. The SMILES string of the molecule is O.O=C([O-])CCC([O-])=Nc1ccc(S(=O)(=O)[N-]c2nccs2)cc1.[Bi+3].[Bi+3].[Cl-].[Cl-].[OH-]. The third-order valence-electron chi connectivity index (χ3n) is 2.55. The number of aliphatic carboxylic acids is 1. The molecule has 2 aromatic rings. The van der Waals surface area contributed by atoms with Gasteiger partial charge in [0.2, 0.25) is 10.0 Å². The van der Waals surface area contributed by atoms with Gasteiger partial charge in [-0.05, 0) is 48.4 Å². The molecule has 0 atom stereocenters. The maximum absolute atomic E-state index is 12.0. The van der Waals surface area contributed by atoms with E-state index in [2.05, 4.69) is 14.7 Å². The zero-order valence-electron chi connectivity index (χ0n) is 14.2. The molecule has 1 heterocycles. The van der Waals surface area contributed by atoms with Gasteiger partial charge in [-0.25, -0.2) is 8.42 Å². The van der Waals surface area contributed by atoms with E-state index in [1.807, 2.05) is 0 Å². The van der Waals surface area contributed by atoms with Crippen LogP contribution in [0.3, 0.4) is 0 Å². The van der Waals surface area contributed by atoms with Crippen molar-refractivity contribution in [3.05, 3.63) is 40.6 Å². The summed E-state index contributed by atoms with van der Waals surface area (Å²) in [4.78, 5) is 17.6. The number of rotatable bonds is 7. The number of aliphatic imine (C=N–C) groups is 1. The Labute approximate surface area is 222 Å². The molecule has 29 heavy (non-hydrogen) atoms. The van der Waals surface area contributed by atoms with Gasteiger partial charge in [0.1, 0.15) is 0 Å². The molecule has 0 bridgehead atoms. The molecule has 0 unspecified atom stereocenters. The van der Waals surface area contributed by atoms with E-state index in [9.17, 15) is 23.4 Å². The fraction of sp³-hybridized carbons (Fsp3) is 0.154. The Kier molecular flexibility index (Phi) is 25.2. The van der Waals surface area contributed by atoms with Crippen LogP contribution < -0.4 is 35.0 Å². The van der Waals surface area contributed by atoms with Crippen LogP contribution in [0.1, 0.15) is 12.8 Å². The predicted octanol–water partition coefficient (Wildman–Crippen LogP) is -7.30. The number of hydrogen-bond donors (Lipinski definition) is 0. The van der Waals surface area contributed by atoms with E-state index in [0.717, 1.165) is 11.3 Å². The van der Waals surface area contributed by atoms with Crippen LogP contribution in [0.5, 0.6) is 0 Å². The van der Waals surface area contributed by atoms with Crippen LogP contribution in [0.15, 0.2) is 45.7 Å². The molecule has 4 radical (unpaired) electrons. The summed E-state index contributed by atoms with van der Waals surface area (Å²) < 4.78 is 27.7. The number of sulfonamides is 1. The molecular formula is C13H13Bi2Cl2N3O7S2. The van der Waals surface area contributed by atoms with Gasteiger partial charge in [-0.3, -0.25) is 4.99 Å². The molecule has 10 nitrogen and oxygen atoms in total. The maximum Gasteiger partial charge on any atom is 3.00 e. The van der Waals surface area contributed by atoms with Gasteiger partial charge < -0.3 is 60.5 Å². The van der Waals surface area contributed by atoms with Crippen LogP contribution in [0, 0.1) is 0 Å². The monoisotopic (exact) mass is 875 g/mol. The van der Waals surface area contributed by atoms with E-state index in [1.165, 1.54) is 30.5 Å². The summed E-state index contributed by atoms with van der Waals surface area (Å²) in [6, 6.07) is 5.19. The second kappa shape index (κ2) is 18.6. The van der Waals surface area contributed by atoms with Gasteiger partial charge in [0.25, 0.3) is 0 Å². The van der Waals surface area contributed by atoms with E-state index in [1.54, 1.807) is 5.38 Å². The summed E-state index contributed by atoms with van der Waals surface area (Å²) in [6.07, 6.45) is 0.752. The summed E-state index contributed by atoms with van der Waals surface area (Å²) in [5.74, 6) is -1.96. The Balaban J connectivity index is -0.000000320. The maximum atomic E-state index is 12.0. The fourth-order valence-corrected chi connectivity index (χ4v) is 3.19. The first-order valence-electron chi connectivity index (χ1n) is 6.29. The Bertz CT molecular complexity index is 823. The van der Waals surface area contributed by atoms with Crippen LogP contribution in [0.2, 0.25) is 0 Å². The second-order valence-corrected chi connectivity index (χ2v) is 6.73. The van der Waals surface area contributed by atoms with Gasteiger partial charge in [0.05, 0.1) is 10.6 Å².